The topological polar surface area (TPSA) is 129 Å². The lowest BCUT2D eigenvalue weighted by atomic mass is 10.1. The molecule has 2 aliphatic rings. The molecule has 27 heavy (non-hydrogen) atoms. The molecule has 4 rings (SSSR count). The SMILES string of the molecule is NC(=O)c1cc(-c2cnn(C3CS(=O)(=O)C3)c2)cnc1OC1CCNCC1. The van der Waals surface area contributed by atoms with E-state index < -0.39 is 15.7 Å². The summed E-state index contributed by atoms with van der Waals surface area (Å²) in [5.41, 5.74) is 7.16. The Morgan fingerprint density at radius 3 is 2.63 bits per heavy atom. The third-order valence-electron chi connectivity index (χ3n) is 4.88. The number of piperidine rings is 1. The molecule has 2 aromatic rings. The lowest BCUT2D eigenvalue weighted by molar-refractivity contribution is 0.0986. The molecule has 2 fully saturated rings. The van der Waals surface area contributed by atoms with Crippen LogP contribution in [-0.4, -0.2) is 59.8 Å². The molecule has 0 spiro atoms. The van der Waals surface area contributed by atoms with E-state index in [1.54, 1.807) is 29.3 Å². The van der Waals surface area contributed by atoms with Crippen LogP contribution in [-0.2, 0) is 9.84 Å². The minimum Gasteiger partial charge on any atom is -0.474 e. The number of hydrogen-bond donors (Lipinski definition) is 2. The summed E-state index contributed by atoms with van der Waals surface area (Å²) in [6.07, 6.45) is 6.69. The number of carbonyl (C=O) groups excluding carboxylic acids is 1. The van der Waals surface area contributed by atoms with Crippen molar-refractivity contribution in [2.45, 2.75) is 25.0 Å². The molecule has 0 bridgehead atoms. The highest BCUT2D eigenvalue weighted by Crippen LogP contribution is 2.28. The first-order chi connectivity index (χ1) is 12.9. The highest BCUT2D eigenvalue weighted by Gasteiger charge is 2.35. The molecule has 3 N–H and O–H groups in total. The Hall–Kier alpha value is -2.46. The molecule has 0 aromatic carbocycles. The summed E-state index contributed by atoms with van der Waals surface area (Å²) in [5.74, 6) is -0.162. The second kappa shape index (κ2) is 6.93. The first-order valence-corrected chi connectivity index (χ1v) is 10.7. The van der Waals surface area contributed by atoms with E-state index in [4.69, 9.17) is 10.5 Å². The number of pyridine rings is 1. The Kier molecular flexibility index (Phi) is 4.60. The van der Waals surface area contributed by atoms with E-state index in [2.05, 4.69) is 15.4 Å². The van der Waals surface area contributed by atoms with Crippen LogP contribution in [0, 0.1) is 0 Å². The minimum atomic E-state index is -2.93. The lowest BCUT2D eigenvalue weighted by Gasteiger charge is -2.25. The van der Waals surface area contributed by atoms with Crippen molar-refractivity contribution in [3.8, 4) is 17.0 Å². The van der Waals surface area contributed by atoms with Crippen molar-refractivity contribution in [2.75, 3.05) is 24.6 Å². The van der Waals surface area contributed by atoms with Gasteiger partial charge in [-0.25, -0.2) is 13.4 Å². The molecule has 0 atom stereocenters. The predicted octanol–water partition coefficient (Wildman–Crippen LogP) is 0.144. The second-order valence-electron chi connectivity index (χ2n) is 6.95. The predicted molar refractivity (Wildman–Crippen MR) is 98.2 cm³/mol. The molecule has 10 heteroatoms. The number of sulfone groups is 1. The lowest BCUT2D eigenvalue weighted by Crippen LogP contribution is -2.38. The largest absolute Gasteiger partial charge is 0.474 e. The number of nitrogens with zero attached hydrogens (tertiary/aromatic N) is 3. The molecule has 9 nitrogen and oxygen atoms in total. The van der Waals surface area contributed by atoms with Gasteiger partial charge in [0.1, 0.15) is 11.7 Å². The highest BCUT2D eigenvalue weighted by molar-refractivity contribution is 7.92. The maximum Gasteiger partial charge on any atom is 0.254 e. The van der Waals surface area contributed by atoms with Crippen molar-refractivity contribution in [1.82, 2.24) is 20.1 Å². The standard InChI is InChI=1S/C17H21N5O4S/c18-16(23)15-5-11(6-20-17(15)26-14-1-3-19-4-2-14)12-7-21-22(8-12)13-9-27(24,25)10-13/h5-8,13-14,19H,1-4,9-10H2,(H2,18,23). The third-order valence-corrected chi connectivity index (χ3v) is 6.67. The van der Waals surface area contributed by atoms with Crippen molar-refractivity contribution >= 4 is 15.7 Å². The molecular weight excluding hydrogens is 370 g/mol. The van der Waals surface area contributed by atoms with Crippen LogP contribution in [0.15, 0.2) is 24.7 Å². The van der Waals surface area contributed by atoms with Gasteiger partial charge in [-0.05, 0) is 32.0 Å². The van der Waals surface area contributed by atoms with Gasteiger partial charge in [-0.15, -0.1) is 0 Å². The molecule has 1 amide bonds. The summed E-state index contributed by atoms with van der Waals surface area (Å²) < 4.78 is 30.2. The highest BCUT2D eigenvalue weighted by atomic mass is 32.2. The molecule has 0 unspecified atom stereocenters. The fraction of sp³-hybridized carbons (Fsp3) is 0.471. The van der Waals surface area contributed by atoms with E-state index >= 15 is 0 Å². The summed E-state index contributed by atoms with van der Waals surface area (Å²) >= 11 is 0. The summed E-state index contributed by atoms with van der Waals surface area (Å²) in [6.45, 7) is 1.73. The maximum absolute atomic E-state index is 11.9. The van der Waals surface area contributed by atoms with Gasteiger partial charge < -0.3 is 15.8 Å². The number of amides is 1. The first-order valence-electron chi connectivity index (χ1n) is 8.83. The number of hydrogen-bond acceptors (Lipinski definition) is 7. The molecule has 2 aromatic heterocycles. The molecule has 4 heterocycles. The Labute approximate surface area is 156 Å². The van der Waals surface area contributed by atoms with Crippen LogP contribution in [0.3, 0.4) is 0 Å². The molecule has 2 saturated heterocycles. The van der Waals surface area contributed by atoms with Gasteiger partial charge in [-0.1, -0.05) is 0 Å². The zero-order chi connectivity index (χ0) is 19.0. The number of carbonyl (C=O) groups is 1. The Morgan fingerprint density at radius 2 is 1.96 bits per heavy atom. The fourth-order valence-electron chi connectivity index (χ4n) is 3.33. The summed E-state index contributed by atoms with van der Waals surface area (Å²) in [6, 6.07) is 1.50. The summed E-state index contributed by atoms with van der Waals surface area (Å²) in [5, 5.41) is 7.50. The molecule has 0 aliphatic carbocycles. The molecular formula is C17H21N5O4S. The van der Waals surface area contributed by atoms with Crippen LogP contribution in [0.25, 0.3) is 11.1 Å². The monoisotopic (exact) mass is 391 g/mol. The van der Waals surface area contributed by atoms with Gasteiger partial charge in [0.2, 0.25) is 5.88 Å². The zero-order valence-electron chi connectivity index (χ0n) is 14.7. The Bertz CT molecular complexity index is 953. The average Bonchev–Trinajstić information content (AvgIpc) is 3.10. The number of nitrogens with two attached hydrogens (primary N) is 1. The number of nitrogens with one attached hydrogen (secondary N) is 1. The average molecular weight is 391 g/mol. The summed E-state index contributed by atoms with van der Waals surface area (Å²) in [7, 11) is -2.93. The van der Waals surface area contributed by atoms with Gasteiger partial charge in [0.25, 0.3) is 5.91 Å². The number of ether oxygens (including phenoxy) is 1. The van der Waals surface area contributed by atoms with Crippen molar-refractivity contribution < 1.29 is 17.9 Å². The normalized spacial score (nSPS) is 20.1. The van der Waals surface area contributed by atoms with Crippen LogP contribution in [0.1, 0.15) is 29.2 Å². The van der Waals surface area contributed by atoms with Crippen LogP contribution in [0.4, 0.5) is 0 Å². The molecule has 144 valence electrons. The Balaban J connectivity index is 1.56. The van der Waals surface area contributed by atoms with Crippen molar-refractivity contribution in [1.29, 1.82) is 0 Å². The van der Waals surface area contributed by atoms with E-state index in [9.17, 15) is 13.2 Å². The summed E-state index contributed by atoms with van der Waals surface area (Å²) in [4.78, 5) is 16.2. The van der Waals surface area contributed by atoms with Crippen molar-refractivity contribution in [2.24, 2.45) is 5.73 Å². The van der Waals surface area contributed by atoms with E-state index in [0.717, 1.165) is 31.5 Å². The smallest absolute Gasteiger partial charge is 0.254 e. The van der Waals surface area contributed by atoms with Crippen LogP contribution >= 0.6 is 0 Å². The second-order valence-corrected chi connectivity index (χ2v) is 9.10. The van der Waals surface area contributed by atoms with Crippen molar-refractivity contribution in [3.05, 3.63) is 30.2 Å². The molecule has 2 aliphatic heterocycles. The quantitative estimate of drug-likeness (QED) is 0.742. The maximum atomic E-state index is 11.9. The van der Waals surface area contributed by atoms with Crippen LogP contribution in [0.5, 0.6) is 5.88 Å². The zero-order valence-corrected chi connectivity index (χ0v) is 15.5. The Morgan fingerprint density at radius 1 is 1.22 bits per heavy atom. The number of rotatable bonds is 5. The van der Waals surface area contributed by atoms with E-state index in [1.807, 2.05) is 0 Å². The third kappa shape index (κ3) is 3.81. The molecule has 0 radical (unpaired) electrons. The number of aromatic nitrogens is 3. The van der Waals surface area contributed by atoms with Crippen LogP contribution in [0.2, 0.25) is 0 Å². The van der Waals surface area contributed by atoms with Gasteiger partial charge in [-0.2, -0.15) is 5.10 Å². The van der Waals surface area contributed by atoms with Crippen LogP contribution < -0.4 is 15.8 Å². The number of primary amides is 1. The van der Waals surface area contributed by atoms with E-state index in [-0.39, 0.29) is 35.1 Å². The van der Waals surface area contributed by atoms with E-state index in [1.165, 1.54) is 0 Å². The van der Waals surface area contributed by atoms with Gasteiger partial charge in [0.15, 0.2) is 9.84 Å². The van der Waals surface area contributed by atoms with Crippen molar-refractivity contribution in [3.63, 3.8) is 0 Å². The first kappa shape index (κ1) is 17.9. The minimum absolute atomic E-state index is 0.00557. The van der Waals surface area contributed by atoms with Gasteiger partial charge >= 0.3 is 0 Å². The fourth-order valence-corrected chi connectivity index (χ4v) is 4.71. The van der Waals surface area contributed by atoms with Gasteiger partial charge in [-0.3, -0.25) is 9.48 Å². The molecule has 0 saturated carbocycles. The van der Waals surface area contributed by atoms with Gasteiger partial charge in [0.05, 0.1) is 23.7 Å². The van der Waals surface area contributed by atoms with E-state index in [0.29, 0.717) is 5.56 Å². The van der Waals surface area contributed by atoms with Gasteiger partial charge in [0, 0.05) is 23.5 Å².